The lowest BCUT2D eigenvalue weighted by Crippen LogP contribution is -2.42. The lowest BCUT2D eigenvalue weighted by atomic mass is 9.92. The van der Waals surface area contributed by atoms with Crippen LogP contribution < -0.4 is 0 Å². The van der Waals surface area contributed by atoms with Gasteiger partial charge in [0.25, 0.3) is 0 Å². The Labute approximate surface area is 198 Å². The van der Waals surface area contributed by atoms with Crippen LogP contribution in [0.2, 0.25) is 77.1 Å². The largest absolute Gasteiger partial charge is 0.384 e. The Morgan fingerprint density at radius 2 is 0.774 bits per heavy atom. The minimum atomic E-state index is -1.01. The summed E-state index contributed by atoms with van der Waals surface area (Å²) < 4.78 is 24.1. The Balaban J connectivity index is 4.69. The van der Waals surface area contributed by atoms with Crippen molar-refractivity contribution in [3.63, 3.8) is 0 Å². The second-order valence-corrected chi connectivity index (χ2v) is 29.9. The predicted octanol–water partition coefficient (Wildman–Crippen LogP) is 6.85. The van der Waals surface area contributed by atoms with E-state index in [9.17, 15) is 0 Å². The van der Waals surface area contributed by atoms with Gasteiger partial charge < -0.3 is 18.9 Å². The van der Waals surface area contributed by atoms with Crippen molar-refractivity contribution in [2.45, 2.75) is 96.3 Å². The van der Waals surface area contributed by atoms with Gasteiger partial charge in [-0.2, -0.15) is 0 Å². The lowest BCUT2D eigenvalue weighted by Gasteiger charge is -2.33. The van der Waals surface area contributed by atoms with Gasteiger partial charge in [-0.1, -0.05) is 77.1 Å². The second-order valence-electron chi connectivity index (χ2n) is 13.1. The Morgan fingerprint density at radius 3 is 1.00 bits per heavy atom. The number of methoxy groups -OCH3 is 1. The summed E-state index contributed by atoms with van der Waals surface area (Å²) in [5.74, 6) is 0. The van der Waals surface area contributed by atoms with Crippen LogP contribution in [0.4, 0.5) is 0 Å². The monoisotopic (exact) mass is 492 g/mol. The fourth-order valence-corrected chi connectivity index (χ4v) is 7.15. The first-order chi connectivity index (χ1) is 14.2. The van der Waals surface area contributed by atoms with Crippen LogP contribution >= 0.6 is 0 Å². The summed E-state index contributed by atoms with van der Waals surface area (Å²) in [5.41, 5.74) is -0.216. The molecule has 0 unspecified atom stereocenters. The third-order valence-electron chi connectivity index (χ3n) is 5.32. The topological polar surface area (TPSA) is 36.9 Å². The van der Waals surface area contributed by atoms with E-state index < -0.39 is 24.2 Å². The van der Waals surface area contributed by atoms with Gasteiger partial charge in [0.05, 0.1) is 31.8 Å². The highest BCUT2D eigenvalue weighted by atomic mass is 28.3. The van der Waals surface area contributed by atoms with E-state index in [1.54, 1.807) is 7.11 Å². The van der Waals surface area contributed by atoms with E-state index in [0.29, 0.717) is 26.4 Å². The van der Waals surface area contributed by atoms with Crippen LogP contribution in [-0.2, 0) is 18.9 Å². The minimum absolute atomic E-state index is 0.216. The van der Waals surface area contributed by atoms with Gasteiger partial charge in [0.2, 0.25) is 0 Å². The molecule has 7 heteroatoms. The number of hydrogen-bond acceptors (Lipinski definition) is 4. The van der Waals surface area contributed by atoms with Crippen LogP contribution in [0, 0.1) is 5.41 Å². The summed E-state index contributed by atoms with van der Waals surface area (Å²) in [5, 5.41) is 0. The molecule has 0 amide bonds. The molecule has 0 rings (SSSR count). The Hall–Kier alpha value is 0.491. The molecule has 0 radical (unpaired) electrons. The van der Waals surface area contributed by atoms with Crippen LogP contribution in [0.1, 0.15) is 19.3 Å². The van der Waals surface area contributed by atoms with Crippen LogP contribution in [0.15, 0.2) is 0 Å². The molecule has 0 aromatic carbocycles. The first-order valence-corrected chi connectivity index (χ1v) is 23.5. The van der Waals surface area contributed by atoms with E-state index >= 15 is 0 Å². The molecule has 0 fully saturated rings. The maximum absolute atomic E-state index is 6.17. The smallest absolute Gasteiger partial charge is 0.0637 e. The van der Waals surface area contributed by atoms with Crippen molar-refractivity contribution in [1.82, 2.24) is 0 Å². The molecule has 0 aromatic rings. The zero-order chi connectivity index (χ0) is 24.0. The predicted molar refractivity (Wildman–Crippen MR) is 145 cm³/mol. The van der Waals surface area contributed by atoms with E-state index in [1.807, 2.05) is 0 Å². The molecule has 0 aliphatic heterocycles. The maximum atomic E-state index is 6.17. The van der Waals surface area contributed by atoms with Crippen molar-refractivity contribution in [3.05, 3.63) is 0 Å². The van der Waals surface area contributed by atoms with Gasteiger partial charge in [-0.05, 0) is 19.3 Å². The second kappa shape index (κ2) is 15.4. The van der Waals surface area contributed by atoms with E-state index in [0.717, 1.165) is 39.1 Å². The molecule has 0 aliphatic rings. The van der Waals surface area contributed by atoms with Crippen molar-refractivity contribution in [2.24, 2.45) is 5.41 Å². The molecule has 0 heterocycles. The fraction of sp³-hybridized carbons (Fsp3) is 1.00. The van der Waals surface area contributed by atoms with E-state index in [1.165, 1.54) is 18.1 Å². The average molecular weight is 493 g/mol. The first kappa shape index (κ1) is 31.5. The van der Waals surface area contributed by atoms with Crippen molar-refractivity contribution in [2.75, 3.05) is 53.4 Å². The Bertz CT molecular complexity index is 380. The summed E-state index contributed by atoms with van der Waals surface area (Å²) in [6, 6.07) is 3.93. The van der Waals surface area contributed by atoms with Crippen LogP contribution in [0.5, 0.6) is 0 Å². The standard InChI is InChI=1S/C24H56O4Si3/c1-25-20-24(21-26-14-11-17-29(2,3)4,22-27-15-12-18-30(5,6)7)23-28-16-13-19-31(8,9)10/h11-23H2,1-10H3. The van der Waals surface area contributed by atoms with Crippen LogP contribution in [-0.4, -0.2) is 77.6 Å². The highest BCUT2D eigenvalue weighted by Crippen LogP contribution is 2.22. The molecule has 0 saturated carbocycles. The zero-order valence-electron chi connectivity index (χ0n) is 22.8. The summed E-state index contributed by atoms with van der Waals surface area (Å²) >= 11 is 0. The molecule has 188 valence electrons. The van der Waals surface area contributed by atoms with Gasteiger partial charge in [0.15, 0.2) is 0 Å². The Morgan fingerprint density at radius 1 is 0.484 bits per heavy atom. The zero-order valence-corrected chi connectivity index (χ0v) is 25.8. The minimum Gasteiger partial charge on any atom is -0.384 e. The molecule has 4 nitrogen and oxygen atoms in total. The molecule has 0 aliphatic carbocycles. The van der Waals surface area contributed by atoms with Crippen molar-refractivity contribution in [1.29, 1.82) is 0 Å². The molecule has 0 saturated heterocycles. The molecule has 0 N–H and O–H groups in total. The molecule has 31 heavy (non-hydrogen) atoms. The normalized spacial score (nSPS) is 13.7. The lowest BCUT2D eigenvalue weighted by molar-refractivity contribution is -0.0996. The van der Waals surface area contributed by atoms with E-state index in [2.05, 4.69) is 58.9 Å². The van der Waals surface area contributed by atoms with Gasteiger partial charge >= 0.3 is 0 Å². The average Bonchev–Trinajstić information content (AvgIpc) is 2.58. The van der Waals surface area contributed by atoms with Crippen molar-refractivity contribution >= 4 is 24.2 Å². The van der Waals surface area contributed by atoms with Gasteiger partial charge in [0.1, 0.15) is 0 Å². The molecule has 0 bridgehead atoms. The highest BCUT2D eigenvalue weighted by molar-refractivity contribution is 6.76. The fourth-order valence-electron chi connectivity index (χ4n) is 3.54. The number of ether oxygens (including phenoxy) is 4. The Kier molecular flexibility index (Phi) is 15.6. The highest BCUT2D eigenvalue weighted by Gasteiger charge is 2.32. The quantitative estimate of drug-likeness (QED) is 0.137. The number of hydrogen-bond donors (Lipinski definition) is 0. The molecule has 0 atom stereocenters. The first-order valence-electron chi connectivity index (χ1n) is 12.4. The van der Waals surface area contributed by atoms with Crippen LogP contribution in [0.3, 0.4) is 0 Å². The summed E-state index contributed by atoms with van der Waals surface area (Å²) in [7, 11) is -1.25. The van der Waals surface area contributed by atoms with Gasteiger partial charge in [-0.3, -0.25) is 0 Å². The SMILES string of the molecule is COCC(COCCC[Si](C)(C)C)(COCCC[Si](C)(C)C)COCCC[Si](C)(C)C. The maximum Gasteiger partial charge on any atom is 0.0637 e. The third-order valence-corrected chi connectivity index (χ3v) is 10.9. The van der Waals surface area contributed by atoms with Crippen molar-refractivity contribution in [3.8, 4) is 0 Å². The number of rotatable bonds is 20. The summed E-state index contributed by atoms with van der Waals surface area (Å²) in [4.78, 5) is 0. The molecule has 0 spiro atoms. The molecular weight excluding hydrogens is 437 g/mol. The summed E-state index contributed by atoms with van der Waals surface area (Å²) in [6.07, 6.45) is 3.44. The van der Waals surface area contributed by atoms with Crippen LogP contribution in [0.25, 0.3) is 0 Å². The van der Waals surface area contributed by atoms with Gasteiger partial charge in [0, 0.05) is 51.2 Å². The van der Waals surface area contributed by atoms with E-state index in [-0.39, 0.29) is 5.41 Å². The van der Waals surface area contributed by atoms with Gasteiger partial charge in [-0.25, -0.2) is 0 Å². The van der Waals surface area contributed by atoms with Crippen molar-refractivity contribution < 1.29 is 18.9 Å². The molecule has 0 aromatic heterocycles. The van der Waals surface area contributed by atoms with Gasteiger partial charge in [-0.15, -0.1) is 0 Å². The molecular formula is C24H56O4Si3. The van der Waals surface area contributed by atoms with E-state index in [4.69, 9.17) is 18.9 Å². The summed E-state index contributed by atoms with van der Waals surface area (Å²) in [6.45, 7) is 26.8. The third kappa shape index (κ3) is 20.8.